The maximum Gasteiger partial charge on any atom is 0.134 e. The molecule has 0 fully saturated rings. The minimum absolute atomic E-state index is 0.685. The molecule has 0 aliphatic carbocycles. The molecule has 110 valence electrons. The second-order valence-electron chi connectivity index (χ2n) is 5.62. The van der Waals surface area contributed by atoms with Crippen LogP contribution in [0.2, 0.25) is 0 Å². The number of benzene rings is 1. The largest absolute Gasteiger partial charge is 0.494 e. The zero-order chi connectivity index (χ0) is 14.4. The molecule has 1 aromatic carbocycles. The molecule has 1 heterocycles. The van der Waals surface area contributed by atoms with Crippen molar-refractivity contribution in [2.45, 2.75) is 33.6 Å². The fourth-order valence-corrected chi connectivity index (χ4v) is 2.18. The Kier molecular flexibility index (Phi) is 5.48. The molecule has 0 aliphatic rings. The van der Waals surface area contributed by atoms with E-state index in [1.54, 1.807) is 0 Å². The lowest BCUT2D eigenvalue weighted by molar-refractivity contribution is 0.318. The van der Waals surface area contributed by atoms with Crippen LogP contribution in [-0.2, 0) is 6.42 Å². The van der Waals surface area contributed by atoms with E-state index in [1.807, 2.05) is 18.4 Å². The van der Waals surface area contributed by atoms with Crippen LogP contribution in [0.15, 0.2) is 28.9 Å². The van der Waals surface area contributed by atoms with Gasteiger partial charge < -0.3 is 14.5 Å². The average molecular weight is 275 g/mol. The van der Waals surface area contributed by atoms with E-state index in [-0.39, 0.29) is 0 Å². The maximum atomic E-state index is 5.69. The van der Waals surface area contributed by atoms with Crippen LogP contribution in [0.1, 0.15) is 32.8 Å². The van der Waals surface area contributed by atoms with Gasteiger partial charge in [-0.25, -0.2) is 0 Å². The average Bonchev–Trinajstić information content (AvgIpc) is 2.83. The van der Waals surface area contributed by atoms with Gasteiger partial charge in [0.25, 0.3) is 0 Å². The molecule has 0 atom stereocenters. The lowest BCUT2D eigenvalue weighted by atomic mass is 10.1. The zero-order valence-electron chi connectivity index (χ0n) is 12.7. The molecule has 0 saturated carbocycles. The molecule has 3 nitrogen and oxygen atoms in total. The van der Waals surface area contributed by atoms with Gasteiger partial charge >= 0.3 is 0 Å². The van der Waals surface area contributed by atoms with Gasteiger partial charge in [0.05, 0.1) is 12.9 Å². The molecule has 0 saturated heterocycles. The zero-order valence-corrected chi connectivity index (χ0v) is 12.7. The molecule has 2 rings (SSSR count). The predicted octanol–water partition coefficient (Wildman–Crippen LogP) is 4.01. The van der Waals surface area contributed by atoms with Gasteiger partial charge in [-0.3, -0.25) is 0 Å². The summed E-state index contributed by atoms with van der Waals surface area (Å²) < 4.78 is 11.3. The molecule has 1 N–H and O–H groups in total. The molecule has 0 unspecified atom stereocenters. The first-order chi connectivity index (χ1) is 9.70. The first-order valence-corrected chi connectivity index (χ1v) is 7.54. The third-order valence-corrected chi connectivity index (χ3v) is 3.22. The predicted molar refractivity (Wildman–Crippen MR) is 83.4 cm³/mol. The van der Waals surface area contributed by atoms with E-state index < -0.39 is 0 Å². The molecule has 0 radical (unpaired) electrons. The van der Waals surface area contributed by atoms with Crippen LogP contribution in [0, 0.1) is 5.92 Å². The minimum atomic E-state index is 0.685. The fourth-order valence-electron chi connectivity index (χ4n) is 2.18. The van der Waals surface area contributed by atoms with Crippen LogP contribution in [0.4, 0.5) is 0 Å². The second-order valence-corrected chi connectivity index (χ2v) is 5.62. The maximum absolute atomic E-state index is 5.69. The molecular formula is C17H25NO2. The smallest absolute Gasteiger partial charge is 0.134 e. The molecular weight excluding hydrogens is 250 g/mol. The van der Waals surface area contributed by atoms with Crippen LogP contribution < -0.4 is 10.1 Å². The first-order valence-electron chi connectivity index (χ1n) is 7.54. The Morgan fingerprint density at radius 2 is 2.15 bits per heavy atom. The van der Waals surface area contributed by atoms with Crippen molar-refractivity contribution in [1.29, 1.82) is 0 Å². The van der Waals surface area contributed by atoms with Gasteiger partial charge in [0.15, 0.2) is 0 Å². The van der Waals surface area contributed by atoms with Crippen LogP contribution in [-0.4, -0.2) is 19.7 Å². The van der Waals surface area contributed by atoms with E-state index in [0.29, 0.717) is 5.92 Å². The Bertz CT molecular complexity index is 531. The van der Waals surface area contributed by atoms with Crippen LogP contribution >= 0.6 is 0 Å². The number of rotatable bonds is 8. The first kappa shape index (κ1) is 14.9. The molecule has 0 aliphatic heterocycles. The van der Waals surface area contributed by atoms with Crippen molar-refractivity contribution < 1.29 is 9.15 Å². The van der Waals surface area contributed by atoms with Crippen molar-refractivity contribution in [3.8, 4) is 5.75 Å². The van der Waals surface area contributed by atoms with E-state index in [4.69, 9.17) is 9.15 Å². The third kappa shape index (κ3) is 4.01. The molecule has 0 spiro atoms. The highest BCUT2D eigenvalue weighted by Gasteiger charge is 2.07. The third-order valence-electron chi connectivity index (χ3n) is 3.22. The Morgan fingerprint density at radius 1 is 1.30 bits per heavy atom. The van der Waals surface area contributed by atoms with Crippen LogP contribution in [0.25, 0.3) is 11.0 Å². The summed E-state index contributed by atoms with van der Waals surface area (Å²) in [6.45, 7) is 9.35. The summed E-state index contributed by atoms with van der Waals surface area (Å²) in [7, 11) is 0. The number of ether oxygens (including phenoxy) is 1. The van der Waals surface area contributed by atoms with Crippen molar-refractivity contribution in [1.82, 2.24) is 5.32 Å². The molecule has 20 heavy (non-hydrogen) atoms. The van der Waals surface area contributed by atoms with Crippen LogP contribution in [0.5, 0.6) is 5.75 Å². The number of fused-ring (bicyclic) bond motifs is 1. The van der Waals surface area contributed by atoms with Crippen molar-refractivity contribution in [3.63, 3.8) is 0 Å². The summed E-state index contributed by atoms with van der Waals surface area (Å²) in [5, 5.41) is 4.64. The molecule has 1 aromatic heterocycles. The number of hydrogen-bond acceptors (Lipinski definition) is 3. The standard InChI is InChI=1S/C17H25NO2/c1-4-9-19-15-5-6-17-16(10-15)14(12-20-17)7-8-18-11-13(2)3/h5-6,10,12-13,18H,4,7-9,11H2,1-3H3. The SMILES string of the molecule is CCCOc1ccc2occ(CCNCC(C)C)c2c1. The van der Waals surface area contributed by atoms with Gasteiger partial charge in [-0.2, -0.15) is 0 Å². The van der Waals surface area contributed by atoms with E-state index in [0.717, 1.165) is 43.9 Å². The topological polar surface area (TPSA) is 34.4 Å². The van der Waals surface area contributed by atoms with E-state index in [2.05, 4.69) is 32.2 Å². The number of furan rings is 1. The van der Waals surface area contributed by atoms with Gasteiger partial charge in [0, 0.05) is 5.39 Å². The summed E-state index contributed by atoms with van der Waals surface area (Å²) in [4.78, 5) is 0. The highest BCUT2D eigenvalue weighted by molar-refractivity contribution is 5.82. The lowest BCUT2D eigenvalue weighted by Crippen LogP contribution is -2.21. The van der Waals surface area contributed by atoms with E-state index in [1.165, 1.54) is 10.9 Å². The number of hydrogen-bond donors (Lipinski definition) is 1. The quantitative estimate of drug-likeness (QED) is 0.739. The summed E-state index contributed by atoms with van der Waals surface area (Å²) in [6, 6.07) is 6.06. The van der Waals surface area contributed by atoms with Gasteiger partial charge in [-0.1, -0.05) is 20.8 Å². The highest BCUT2D eigenvalue weighted by atomic mass is 16.5. The van der Waals surface area contributed by atoms with Crippen molar-refractivity contribution in [2.24, 2.45) is 5.92 Å². The summed E-state index contributed by atoms with van der Waals surface area (Å²) >= 11 is 0. The molecule has 3 heteroatoms. The minimum Gasteiger partial charge on any atom is -0.494 e. The number of nitrogens with one attached hydrogen (secondary N) is 1. The monoisotopic (exact) mass is 275 g/mol. The van der Waals surface area contributed by atoms with Gasteiger partial charge in [-0.15, -0.1) is 0 Å². The van der Waals surface area contributed by atoms with Crippen molar-refractivity contribution in [3.05, 3.63) is 30.0 Å². The Labute approximate surface area is 121 Å². The highest BCUT2D eigenvalue weighted by Crippen LogP contribution is 2.26. The van der Waals surface area contributed by atoms with Gasteiger partial charge in [0.2, 0.25) is 0 Å². The molecule has 2 aromatic rings. The molecule has 0 amide bonds. The van der Waals surface area contributed by atoms with E-state index in [9.17, 15) is 0 Å². The summed E-state index contributed by atoms with van der Waals surface area (Å²) in [5.41, 5.74) is 2.19. The Morgan fingerprint density at radius 3 is 2.90 bits per heavy atom. The Hall–Kier alpha value is -1.48. The van der Waals surface area contributed by atoms with Crippen molar-refractivity contribution >= 4 is 11.0 Å². The van der Waals surface area contributed by atoms with Crippen molar-refractivity contribution in [2.75, 3.05) is 19.7 Å². The lowest BCUT2D eigenvalue weighted by Gasteiger charge is -2.07. The molecule has 0 bridgehead atoms. The van der Waals surface area contributed by atoms with Crippen LogP contribution in [0.3, 0.4) is 0 Å². The Balaban J connectivity index is 2.01. The van der Waals surface area contributed by atoms with Gasteiger partial charge in [-0.05, 0) is 55.6 Å². The second kappa shape index (κ2) is 7.34. The summed E-state index contributed by atoms with van der Waals surface area (Å²) in [5.74, 6) is 1.61. The van der Waals surface area contributed by atoms with Gasteiger partial charge in [0.1, 0.15) is 11.3 Å². The van der Waals surface area contributed by atoms with E-state index >= 15 is 0 Å². The fraction of sp³-hybridized carbons (Fsp3) is 0.529. The normalized spacial score (nSPS) is 11.4. The summed E-state index contributed by atoms with van der Waals surface area (Å²) in [6.07, 6.45) is 3.87.